The Bertz CT molecular complexity index is 853. The van der Waals surface area contributed by atoms with Gasteiger partial charge in [-0.25, -0.2) is 13.2 Å². The molecule has 0 spiro atoms. The van der Waals surface area contributed by atoms with E-state index < -0.39 is 16.0 Å². The summed E-state index contributed by atoms with van der Waals surface area (Å²) in [7, 11) is -3.53. The van der Waals surface area contributed by atoms with Crippen LogP contribution in [0.2, 0.25) is 0 Å². The molecule has 0 unspecified atom stereocenters. The zero-order valence-electron chi connectivity index (χ0n) is 14.9. The van der Waals surface area contributed by atoms with E-state index in [1.165, 1.54) is 28.6 Å². The molecular weight excluding hydrogens is 338 g/mol. The van der Waals surface area contributed by atoms with Gasteiger partial charge in [0.1, 0.15) is 5.75 Å². The third kappa shape index (κ3) is 4.27. The van der Waals surface area contributed by atoms with Crippen LogP contribution in [0.25, 0.3) is 0 Å². The third-order valence-corrected chi connectivity index (χ3v) is 6.03. The molecule has 6 heteroatoms. The van der Waals surface area contributed by atoms with E-state index in [1.54, 1.807) is 19.9 Å². The molecule has 5 nitrogen and oxygen atoms in total. The van der Waals surface area contributed by atoms with Gasteiger partial charge in [0.15, 0.2) is 0 Å². The maximum absolute atomic E-state index is 12.5. The van der Waals surface area contributed by atoms with Crippen LogP contribution in [0.4, 0.5) is 0 Å². The molecule has 0 saturated carbocycles. The van der Waals surface area contributed by atoms with Gasteiger partial charge in [-0.2, -0.15) is 4.31 Å². The molecule has 0 aromatic heterocycles. The summed E-state index contributed by atoms with van der Waals surface area (Å²) in [4.78, 5) is 12.4. The summed E-state index contributed by atoms with van der Waals surface area (Å²) < 4.78 is 31.7. The molecule has 2 aromatic rings. The zero-order chi connectivity index (χ0) is 18.6. The Balaban J connectivity index is 2.20. The normalized spacial score (nSPS) is 11.6. The van der Waals surface area contributed by atoms with E-state index in [0.29, 0.717) is 24.4 Å². The number of rotatable bonds is 6. The average Bonchev–Trinajstić information content (AvgIpc) is 2.58. The highest BCUT2D eigenvalue weighted by atomic mass is 32.2. The van der Waals surface area contributed by atoms with Crippen molar-refractivity contribution in [1.29, 1.82) is 0 Å². The highest BCUT2D eigenvalue weighted by Gasteiger charge is 2.22. The van der Waals surface area contributed by atoms with Crippen LogP contribution in [0.5, 0.6) is 5.75 Å². The first kappa shape index (κ1) is 19.1. The summed E-state index contributed by atoms with van der Waals surface area (Å²) >= 11 is 0. The van der Waals surface area contributed by atoms with Crippen LogP contribution in [0.1, 0.15) is 35.3 Å². The van der Waals surface area contributed by atoms with Gasteiger partial charge in [-0.1, -0.05) is 31.5 Å². The van der Waals surface area contributed by atoms with E-state index in [9.17, 15) is 13.2 Å². The lowest BCUT2D eigenvalue weighted by molar-refractivity contribution is 0.0733. The second-order valence-electron chi connectivity index (χ2n) is 5.77. The molecule has 2 aromatic carbocycles. The van der Waals surface area contributed by atoms with Gasteiger partial charge in [-0.15, -0.1) is 0 Å². The molecule has 0 N–H and O–H groups in total. The number of sulfonamides is 1. The summed E-state index contributed by atoms with van der Waals surface area (Å²) in [5.74, 6) is -0.0193. The number of nitrogens with zero attached hydrogens (tertiary/aromatic N) is 1. The zero-order valence-corrected chi connectivity index (χ0v) is 15.8. The number of hydrogen-bond donors (Lipinski definition) is 0. The van der Waals surface area contributed by atoms with E-state index in [4.69, 9.17) is 4.74 Å². The van der Waals surface area contributed by atoms with Crippen LogP contribution in [-0.2, 0) is 10.0 Å². The highest BCUT2D eigenvalue weighted by Crippen LogP contribution is 2.21. The largest absolute Gasteiger partial charge is 0.423 e. The smallest absolute Gasteiger partial charge is 0.343 e. The van der Waals surface area contributed by atoms with Crippen molar-refractivity contribution in [3.8, 4) is 5.75 Å². The van der Waals surface area contributed by atoms with Gasteiger partial charge >= 0.3 is 5.97 Å². The molecule has 0 saturated heterocycles. The van der Waals surface area contributed by atoms with Crippen LogP contribution in [0.3, 0.4) is 0 Å². The molecule has 0 heterocycles. The molecule has 25 heavy (non-hydrogen) atoms. The van der Waals surface area contributed by atoms with Gasteiger partial charge in [-0.05, 0) is 49.7 Å². The van der Waals surface area contributed by atoms with Crippen LogP contribution in [0, 0.1) is 13.8 Å². The first-order valence-electron chi connectivity index (χ1n) is 8.19. The Morgan fingerprint density at radius 1 is 1.00 bits per heavy atom. The van der Waals surface area contributed by atoms with E-state index in [0.717, 1.165) is 11.1 Å². The van der Waals surface area contributed by atoms with Crippen molar-refractivity contribution in [2.24, 2.45) is 0 Å². The van der Waals surface area contributed by atoms with Crippen LogP contribution in [-0.4, -0.2) is 31.8 Å². The fourth-order valence-corrected chi connectivity index (χ4v) is 4.01. The number of esters is 1. The molecule has 0 aliphatic rings. The summed E-state index contributed by atoms with van der Waals surface area (Å²) in [5, 5.41) is 0. The van der Waals surface area contributed by atoms with E-state index >= 15 is 0 Å². The molecule has 0 radical (unpaired) electrons. The van der Waals surface area contributed by atoms with Gasteiger partial charge in [0.2, 0.25) is 10.0 Å². The second kappa shape index (κ2) is 7.80. The fraction of sp³-hybridized carbons (Fsp3) is 0.316. The summed E-state index contributed by atoms with van der Waals surface area (Å²) in [6.07, 6.45) is 0. The lowest BCUT2D eigenvalue weighted by Gasteiger charge is -2.18. The van der Waals surface area contributed by atoms with Crippen molar-refractivity contribution in [3.63, 3.8) is 0 Å². The highest BCUT2D eigenvalue weighted by molar-refractivity contribution is 7.89. The standard InChI is InChI=1S/C19H23NO4S/c1-5-20(6-2)25(22,23)17-10-8-16(9-11-17)19(21)24-18-12-7-14(3)13-15(18)4/h7-13H,5-6H2,1-4H3. The summed E-state index contributed by atoms with van der Waals surface area (Å²) in [6, 6.07) is 11.4. The number of aryl methyl sites for hydroxylation is 2. The Hall–Kier alpha value is -2.18. The monoisotopic (exact) mass is 361 g/mol. The predicted octanol–water partition coefficient (Wildman–Crippen LogP) is 3.55. The van der Waals surface area contributed by atoms with Crippen LogP contribution < -0.4 is 4.74 Å². The van der Waals surface area contributed by atoms with Crippen molar-refractivity contribution in [2.45, 2.75) is 32.6 Å². The quantitative estimate of drug-likeness (QED) is 0.583. The molecule has 2 rings (SSSR count). The van der Waals surface area contributed by atoms with E-state index in [-0.39, 0.29) is 4.90 Å². The molecule has 134 valence electrons. The molecule has 0 bridgehead atoms. The second-order valence-corrected chi connectivity index (χ2v) is 7.71. The predicted molar refractivity (Wildman–Crippen MR) is 97.4 cm³/mol. The molecule has 0 atom stereocenters. The van der Waals surface area contributed by atoms with Crippen LogP contribution >= 0.6 is 0 Å². The number of carbonyl (C=O) groups excluding carboxylic acids is 1. The lowest BCUT2D eigenvalue weighted by atomic mass is 10.1. The van der Waals surface area contributed by atoms with Gasteiger partial charge in [0, 0.05) is 13.1 Å². The molecule has 0 fully saturated rings. The van der Waals surface area contributed by atoms with E-state index in [1.807, 2.05) is 26.0 Å². The van der Waals surface area contributed by atoms with Crippen molar-refractivity contribution in [2.75, 3.05) is 13.1 Å². The minimum atomic E-state index is -3.53. The maximum atomic E-state index is 12.5. The number of hydrogen-bond acceptors (Lipinski definition) is 4. The van der Waals surface area contributed by atoms with Crippen molar-refractivity contribution >= 4 is 16.0 Å². The fourth-order valence-electron chi connectivity index (χ4n) is 2.55. The maximum Gasteiger partial charge on any atom is 0.343 e. The summed E-state index contributed by atoms with van der Waals surface area (Å²) in [6.45, 7) is 8.21. The Kier molecular flexibility index (Phi) is 5.98. The Morgan fingerprint density at radius 2 is 1.60 bits per heavy atom. The molecule has 0 amide bonds. The Morgan fingerprint density at radius 3 is 2.12 bits per heavy atom. The minimum absolute atomic E-state index is 0.166. The SMILES string of the molecule is CCN(CC)S(=O)(=O)c1ccc(C(=O)Oc2ccc(C)cc2C)cc1. The topological polar surface area (TPSA) is 63.7 Å². The molecular formula is C19H23NO4S. The van der Waals surface area contributed by atoms with E-state index in [2.05, 4.69) is 0 Å². The Labute approximate surface area is 149 Å². The first-order chi connectivity index (χ1) is 11.8. The number of ether oxygens (including phenoxy) is 1. The average molecular weight is 361 g/mol. The first-order valence-corrected chi connectivity index (χ1v) is 9.63. The molecule has 0 aliphatic heterocycles. The van der Waals surface area contributed by atoms with Gasteiger partial charge in [0.25, 0.3) is 0 Å². The summed E-state index contributed by atoms with van der Waals surface area (Å²) in [5.41, 5.74) is 2.26. The van der Waals surface area contributed by atoms with Gasteiger partial charge < -0.3 is 4.74 Å². The molecule has 0 aliphatic carbocycles. The lowest BCUT2D eigenvalue weighted by Crippen LogP contribution is -2.30. The minimum Gasteiger partial charge on any atom is -0.423 e. The van der Waals surface area contributed by atoms with Crippen molar-refractivity contribution in [1.82, 2.24) is 4.31 Å². The van der Waals surface area contributed by atoms with Gasteiger partial charge in [0.05, 0.1) is 10.5 Å². The third-order valence-electron chi connectivity index (χ3n) is 3.97. The van der Waals surface area contributed by atoms with Crippen LogP contribution in [0.15, 0.2) is 47.4 Å². The van der Waals surface area contributed by atoms with Gasteiger partial charge in [-0.3, -0.25) is 0 Å². The number of benzene rings is 2. The van der Waals surface area contributed by atoms with Crippen molar-refractivity contribution in [3.05, 3.63) is 59.2 Å². The van der Waals surface area contributed by atoms with Crippen molar-refractivity contribution < 1.29 is 17.9 Å². The number of carbonyl (C=O) groups is 1.